The van der Waals surface area contributed by atoms with Crippen molar-refractivity contribution in [1.82, 2.24) is 0 Å². The molecule has 0 atom stereocenters. The van der Waals surface area contributed by atoms with Crippen LogP contribution in [0.2, 0.25) is 0 Å². The summed E-state index contributed by atoms with van der Waals surface area (Å²) in [6.07, 6.45) is 2.33. The molecule has 0 saturated heterocycles. The second-order valence-electron chi connectivity index (χ2n) is 4.31. The molecule has 0 heterocycles. The summed E-state index contributed by atoms with van der Waals surface area (Å²) >= 11 is 3.21. The molecule has 1 N–H and O–H groups in total. The first kappa shape index (κ1) is 13.3. The summed E-state index contributed by atoms with van der Waals surface area (Å²) in [4.78, 5) is 10.3. The van der Waals surface area contributed by atoms with Crippen molar-refractivity contribution < 1.29 is 9.66 Å². The Hall–Kier alpha value is -1.14. The minimum absolute atomic E-state index is 0.0846. The van der Waals surface area contributed by atoms with Crippen molar-refractivity contribution in [2.24, 2.45) is 0 Å². The summed E-state index contributed by atoms with van der Waals surface area (Å²) in [5, 5.41) is 14.0. The molecule has 5 nitrogen and oxygen atoms in total. The van der Waals surface area contributed by atoms with E-state index < -0.39 is 4.92 Å². The van der Waals surface area contributed by atoms with Crippen molar-refractivity contribution in [3.63, 3.8) is 0 Å². The molecule has 0 spiro atoms. The number of benzene rings is 1. The van der Waals surface area contributed by atoms with Gasteiger partial charge in [-0.15, -0.1) is 0 Å². The van der Waals surface area contributed by atoms with Crippen LogP contribution in [0.4, 0.5) is 11.4 Å². The van der Waals surface area contributed by atoms with Gasteiger partial charge < -0.3 is 10.1 Å². The molecule has 0 aliphatic heterocycles. The maximum Gasteiger partial charge on any atom is 0.283 e. The fraction of sp³-hybridized carbons (Fsp3) is 0.500. The molecule has 6 heteroatoms. The van der Waals surface area contributed by atoms with E-state index in [1.807, 2.05) is 6.92 Å². The second-order valence-corrected chi connectivity index (χ2v) is 5.17. The average molecular weight is 315 g/mol. The van der Waals surface area contributed by atoms with Gasteiger partial charge in [-0.3, -0.25) is 10.1 Å². The molecule has 0 radical (unpaired) electrons. The molecule has 0 unspecified atom stereocenters. The first-order chi connectivity index (χ1) is 8.60. The molecular weight excluding hydrogens is 300 g/mol. The standard InChI is InChI=1S/C12H15BrN2O3/c1-2-18-10-5-9(6-10)14-8-3-4-12(15(16)17)11(13)7-8/h3-4,7,9-10,14H,2,5-6H2,1H3. The Labute approximate surface area is 114 Å². The molecule has 1 aromatic carbocycles. The number of rotatable bonds is 5. The van der Waals surface area contributed by atoms with Crippen molar-refractivity contribution in [3.8, 4) is 0 Å². The lowest BCUT2D eigenvalue weighted by Crippen LogP contribution is -2.40. The Bertz CT molecular complexity index is 447. The van der Waals surface area contributed by atoms with Gasteiger partial charge >= 0.3 is 0 Å². The zero-order valence-electron chi connectivity index (χ0n) is 10.1. The Kier molecular flexibility index (Phi) is 4.19. The average Bonchev–Trinajstić information content (AvgIpc) is 2.26. The predicted molar refractivity (Wildman–Crippen MR) is 72.9 cm³/mol. The Morgan fingerprint density at radius 1 is 1.56 bits per heavy atom. The van der Waals surface area contributed by atoms with Gasteiger partial charge in [-0.25, -0.2) is 0 Å². The summed E-state index contributed by atoms with van der Waals surface area (Å²) in [6, 6.07) is 5.38. The molecule has 1 fully saturated rings. The van der Waals surface area contributed by atoms with Gasteiger partial charge in [0.05, 0.1) is 15.5 Å². The highest BCUT2D eigenvalue weighted by Crippen LogP contribution is 2.31. The van der Waals surface area contributed by atoms with E-state index in [2.05, 4.69) is 21.2 Å². The van der Waals surface area contributed by atoms with Crippen LogP contribution < -0.4 is 5.32 Å². The summed E-state index contributed by atoms with van der Waals surface area (Å²) in [6.45, 7) is 2.74. The zero-order valence-corrected chi connectivity index (χ0v) is 11.6. The highest BCUT2D eigenvalue weighted by Gasteiger charge is 2.29. The minimum atomic E-state index is -0.400. The number of nitro benzene ring substituents is 1. The number of ether oxygens (including phenoxy) is 1. The first-order valence-electron chi connectivity index (χ1n) is 5.92. The van der Waals surface area contributed by atoms with E-state index in [9.17, 15) is 10.1 Å². The lowest BCUT2D eigenvalue weighted by atomic mass is 9.89. The Morgan fingerprint density at radius 2 is 2.28 bits per heavy atom. The molecule has 18 heavy (non-hydrogen) atoms. The summed E-state index contributed by atoms with van der Waals surface area (Å²) in [7, 11) is 0. The van der Waals surface area contributed by atoms with Gasteiger partial charge in [0.2, 0.25) is 0 Å². The molecule has 1 saturated carbocycles. The largest absolute Gasteiger partial charge is 0.382 e. The smallest absolute Gasteiger partial charge is 0.283 e. The predicted octanol–water partition coefficient (Wildman–Crippen LogP) is 3.34. The van der Waals surface area contributed by atoms with E-state index >= 15 is 0 Å². The van der Waals surface area contributed by atoms with Crippen LogP contribution in [-0.2, 0) is 4.74 Å². The van der Waals surface area contributed by atoms with Crippen LogP contribution in [0.3, 0.4) is 0 Å². The van der Waals surface area contributed by atoms with Gasteiger partial charge in [-0.1, -0.05) is 0 Å². The fourth-order valence-corrected chi connectivity index (χ4v) is 2.56. The minimum Gasteiger partial charge on any atom is -0.382 e. The molecule has 0 bridgehead atoms. The van der Waals surface area contributed by atoms with E-state index in [4.69, 9.17) is 4.74 Å². The second kappa shape index (κ2) is 5.67. The van der Waals surface area contributed by atoms with Gasteiger partial charge in [-0.05, 0) is 47.8 Å². The molecular formula is C12H15BrN2O3. The van der Waals surface area contributed by atoms with E-state index in [1.165, 1.54) is 6.07 Å². The van der Waals surface area contributed by atoms with Crippen LogP contribution in [0.25, 0.3) is 0 Å². The number of nitro groups is 1. The molecule has 0 aromatic heterocycles. The number of hydrogen-bond acceptors (Lipinski definition) is 4. The van der Waals surface area contributed by atoms with Crippen LogP contribution in [0.5, 0.6) is 0 Å². The van der Waals surface area contributed by atoms with E-state index in [-0.39, 0.29) is 5.69 Å². The van der Waals surface area contributed by atoms with Crippen molar-refractivity contribution in [1.29, 1.82) is 0 Å². The monoisotopic (exact) mass is 314 g/mol. The fourth-order valence-electron chi connectivity index (χ4n) is 2.04. The third kappa shape index (κ3) is 3.00. The van der Waals surface area contributed by atoms with Crippen molar-refractivity contribution in [2.75, 3.05) is 11.9 Å². The number of nitrogens with one attached hydrogen (secondary N) is 1. The van der Waals surface area contributed by atoms with E-state index in [0.717, 1.165) is 25.1 Å². The number of hydrogen-bond donors (Lipinski definition) is 1. The van der Waals surface area contributed by atoms with Gasteiger partial charge in [0, 0.05) is 24.4 Å². The maximum absolute atomic E-state index is 10.7. The molecule has 98 valence electrons. The highest BCUT2D eigenvalue weighted by molar-refractivity contribution is 9.10. The molecule has 1 aliphatic carbocycles. The SMILES string of the molecule is CCOC1CC(Nc2ccc([N+](=O)[O-])c(Br)c2)C1. The third-order valence-electron chi connectivity index (χ3n) is 3.01. The van der Waals surface area contributed by atoms with Crippen LogP contribution >= 0.6 is 15.9 Å². The summed E-state index contributed by atoms with van der Waals surface area (Å²) < 4.78 is 5.98. The number of halogens is 1. The zero-order chi connectivity index (χ0) is 13.1. The quantitative estimate of drug-likeness (QED) is 0.668. The van der Waals surface area contributed by atoms with E-state index in [0.29, 0.717) is 16.6 Å². The van der Waals surface area contributed by atoms with Gasteiger partial charge in [0.1, 0.15) is 0 Å². The summed E-state index contributed by atoms with van der Waals surface area (Å²) in [5.41, 5.74) is 0.980. The maximum atomic E-state index is 10.7. The van der Waals surface area contributed by atoms with Gasteiger partial charge in [0.15, 0.2) is 0 Å². The molecule has 1 aromatic rings. The van der Waals surface area contributed by atoms with Crippen LogP contribution in [-0.4, -0.2) is 23.7 Å². The highest BCUT2D eigenvalue weighted by atomic mass is 79.9. The van der Waals surface area contributed by atoms with E-state index in [1.54, 1.807) is 12.1 Å². The Balaban J connectivity index is 1.92. The normalized spacial score (nSPS) is 22.3. The molecule has 0 amide bonds. The molecule has 2 rings (SSSR count). The third-order valence-corrected chi connectivity index (χ3v) is 3.65. The first-order valence-corrected chi connectivity index (χ1v) is 6.71. The lowest BCUT2D eigenvalue weighted by molar-refractivity contribution is -0.385. The number of nitrogens with zero attached hydrogens (tertiary/aromatic N) is 1. The van der Waals surface area contributed by atoms with Crippen molar-refractivity contribution >= 4 is 27.3 Å². The van der Waals surface area contributed by atoms with Gasteiger partial charge in [-0.2, -0.15) is 0 Å². The van der Waals surface area contributed by atoms with Crippen LogP contribution in [0.15, 0.2) is 22.7 Å². The van der Waals surface area contributed by atoms with Crippen molar-refractivity contribution in [2.45, 2.75) is 31.9 Å². The van der Waals surface area contributed by atoms with Gasteiger partial charge in [0.25, 0.3) is 5.69 Å². The topological polar surface area (TPSA) is 64.4 Å². The van der Waals surface area contributed by atoms with Crippen molar-refractivity contribution in [3.05, 3.63) is 32.8 Å². The number of anilines is 1. The molecule has 1 aliphatic rings. The summed E-state index contributed by atoms with van der Waals surface area (Å²) in [5.74, 6) is 0. The lowest BCUT2D eigenvalue weighted by Gasteiger charge is -2.36. The van der Waals surface area contributed by atoms with Crippen LogP contribution in [0.1, 0.15) is 19.8 Å². The van der Waals surface area contributed by atoms with Crippen LogP contribution in [0, 0.1) is 10.1 Å². The Morgan fingerprint density at radius 3 is 2.83 bits per heavy atom.